The second kappa shape index (κ2) is 5.32. The summed E-state index contributed by atoms with van der Waals surface area (Å²) in [6.07, 6.45) is 1.87. The van der Waals surface area contributed by atoms with Gasteiger partial charge in [0.25, 0.3) is 0 Å². The molecule has 0 amide bonds. The topological polar surface area (TPSA) is 32.7 Å². The summed E-state index contributed by atoms with van der Waals surface area (Å²) in [4.78, 5) is 2.29. The number of piperidine rings is 1. The van der Waals surface area contributed by atoms with E-state index in [1.165, 1.54) is 5.56 Å². The molecular formula is C13H19NO2. The number of likely N-dealkylation sites (tertiary alicyclic amines) is 1. The van der Waals surface area contributed by atoms with Crippen molar-refractivity contribution in [2.45, 2.75) is 25.5 Å². The third-order valence-electron chi connectivity index (χ3n) is 3.02. The van der Waals surface area contributed by atoms with Gasteiger partial charge in [-0.25, -0.2) is 0 Å². The molecule has 3 nitrogen and oxygen atoms in total. The molecule has 1 atom stereocenters. The summed E-state index contributed by atoms with van der Waals surface area (Å²) in [5.74, 6) is 0.898. The van der Waals surface area contributed by atoms with E-state index in [0.29, 0.717) is 0 Å². The van der Waals surface area contributed by atoms with Gasteiger partial charge in [0.1, 0.15) is 5.75 Å². The van der Waals surface area contributed by atoms with E-state index in [1.54, 1.807) is 7.11 Å². The van der Waals surface area contributed by atoms with Gasteiger partial charge in [0.2, 0.25) is 0 Å². The first-order valence-electron chi connectivity index (χ1n) is 5.81. The summed E-state index contributed by atoms with van der Waals surface area (Å²) in [5, 5.41) is 9.59. The number of aliphatic hydroxyl groups excluding tert-OH is 1. The number of aliphatic hydroxyl groups is 1. The van der Waals surface area contributed by atoms with E-state index < -0.39 is 0 Å². The Labute approximate surface area is 96.6 Å². The third-order valence-corrected chi connectivity index (χ3v) is 3.02. The quantitative estimate of drug-likeness (QED) is 0.842. The highest BCUT2D eigenvalue weighted by Crippen LogP contribution is 2.17. The van der Waals surface area contributed by atoms with E-state index in [-0.39, 0.29) is 6.10 Å². The molecule has 1 N–H and O–H groups in total. The predicted molar refractivity (Wildman–Crippen MR) is 63.5 cm³/mol. The van der Waals surface area contributed by atoms with Crippen LogP contribution in [0.15, 0.2) is 24.3 Å². The first kappa shape index (κ1) is 11.4. The molecule has 0 bridgehead atoms. The summed E-state index contributed by atoms with van der Waals surface area (Å²) in [6, 6.07) is 8.12. The molecule has 1 aromatic carbocycles. The molecule has 2 rings (SSSR count). The smallest absolute Gasteiger partial charge is 0.119 e. The minimum Gasteiger partial charge on any atom is -0.497 e. The van der Waals surface area contributed by atoms with Gasteiger partial charge in [0.05, 0.1) is 13.2 Å². The van der Waals surface area contributed by atoms with Crippen molar-refractivity contribution in [3.05, 3.63) is 29.8 Å². The van der Waals surface area contributed by atoms with E-state index in [4.69, 9.17) is 4.74 Å². The van der Waals surface area contributed by atoms with Crippen LogP contribution in [0, 0.1) is 0 Å². The van der Waals surface area contributed by atoms with Crippen molar-refractivity contribution in [3.8, 4) is 5.75 Å². The Hall–Kier alpha value is -1.06. The average Bonchev–Trinajstić information content (AvgIpc) is 2.29. The first-order chi connectivity index (χ1) is 7.78. The predicted octanol–water partition coefficient (Wildman–Crippen LogP) is 1.65. The zero-order valence-electron chi connectivity index (χ0n) is 9.72. The number of ether oxygens (including phenoxy) is 1. The molecule has 1 heterocycles. The van der Waals surface area contributed by atoms with Gasteiger partial charge in [0.15, 0.2) is 0 Å². The molecule has 88 valence electrons. The number of hydrogen-bond donors (Lipinski definition) is 1. The summed E-state index contributed by atoms with van der Waals surface area (Å²) < 4.78 is 5.20. The maximum absolute atomic E-state index is 9.59. The largest absolute Gasteiger partial charge is 0.497 e. The average molecular weight is 221 g/mol. The molecule has 0 radical (unpaired) electrons. The van der Waals surface area contributed by atoms with Crippen LogP contribution in [0.5, 0.6) is 5.75 Å². The van der Waals surface area contributed by atoms with Gasteiger partial charge in [-0.05, 0) is 37.1 Å². The number of methoxy groups -OCH3 is 1. The van der Waals surface area contributed by atoms with Crippen molar-refractivity contribution in [2.75, 3.05) is 20.2 Å². The minimum atomic E-state index is -0.153. The first-order valence-corrected chi connectivity index (χ1v) is 5.81. The van der Waals surface area contributed by atoms with Crippen molar-refractivity contribution >= 4 is 0 Å². The van der Waals surface area contributed by atoms with Crippen LogP contribution >= 0.6 is 0 Å². The lowest BCUT2D eigenvalue weighted by Crippen LogP contribution is -2.37. The Balaban J connectivity index is 1.97. The number of β-amino-alcohol motifs (C(OH)–C–C–N with tert-alkyl or cyclic N) is 1. The van der Waals surface area contributed by atoms with Gasteiger partial charge < -0.3 is 9.84 Å². The van der Waals surface area contributed by atoms with Crippen molar-refractivity contribution in [1.82, 2.24) is 4.90 Å². The van der Waals surface area contributed by atoms with E-state index in [1.807, 2.05) is 12.1 Å². The number of benzene rings is 1. The maximum atomic E-state index is 9.59. The molecule has 0 spiro atoms. The Kier molecular flexibility index (Phi) is 3.80. The molecular weight excluding hydrogens is 202 g/mol. The standard InChI is InChI=1S/C13H19NO2/c1-16-13-6-2-4-11(8-13)9-14-7-3-5-12(15)10-14/h2,4,6,8,12,15H,3,5,7,9-10H2,1H3/t12-/m1/s1. The summed E-state index contributed by atoms with van der Waals surface area (Å²) in [5.41, 5.74) is 1.24. The zero-order chi connectivity index (χ0) is 11.4. The van der Waals surface area contributed by atoms with Crippen LogP contribution in [0.4, 0.5) is 0 Å². The van der Waals surface area contributed by atoms with Crippen LogP contribution in [0.3, 0.4) is 0 Å². The summed E-state index contributed by atoms with van der Waals surface area (Å²) >= 11 is 0. The van der Waals surface area contributed by atoms with Crippen molar-refractivity contribution < 1.29 is 9.84 Å². The maximum Gasteiger partial charge on any atom is 0.119 e. The van der Waals surface area contributed by atoms with Gasteiger partial charge in [-0.15, -0.1) is 0 Å². The van der Waals surface area contributed by atoms with Crippen molar-refractivity contribution in [1.29, 1.82) is 0 Å². The highest BCUT2D eigenvalue weighted by atomic mass is 16.5. The van der Waals surface area contributed by atoms with E-state index in [2.05, 4.69) is 17.0 Å². The summed E-state index contributed by atoms with van der Waals surface area (Å²) in [6.45, 7) is 2.76. The van der Waals surface area contributed by atoms with Crippen LogP contribution < -0.4 is 4.74 Å². The minimum absolute atomic E-state index is 0.153. The van der Waals surface area contributed by atoms with Crippen LogP contribution in [-0.4, -0.2) is 36.3 Å². The molecule has 3 heteroatoms. The van der Waals surface area contributed by atoms with E-state index in [9.17, 15) is 5.11 Å². The fourth-order valence-electron chi connectivity index (χ4n) is 2.20. The normalized spacial score (nSPS) is 22.0. The van der Waals surface area contributed by atoms with E-state index >= 15 is 0 Å². The van der Waals surface area contributed by atoms with Gasteiger partial charge in [-0.1, -0.05) is 12.1 Å². The molecule has 1 aromatic rings. The van der Waals surface area contributed by atoms with Crippen molar-refractivity contribution in [2.24, 2.45) is 0 Å². The Morgan fingerprint density at radius 1 is 1.50 bits per heavy atom. The summed E-state index contributed by atoms with van der Waals surface area (Å²) in [7, 11) is 1.68. The van der Waals surface area contributed by atoms with Crippen LogP contribution in [0.2, 0.25) is 0 Å². The lowest BCUT2D eigenvalue weighted by molar-refractivity contribution is 0.0668. The van der Waals surface area contributed by atoms with Crippen LogP contribution in [-0.2, 0) is 6.54 Å². The third kappa shape index (κ3) is 2.97. The Bertz CT molecular complexity index is 340. The molecule has 1 aliphatic heterocycles. The monoisotopic (exact) mass is 221 g/mol. The van der Waals surface area contributed by atoms with Crippen LogP contribution in [0.25, 0.3) is 0 Å². The molecule has 0 saturated carbocycles. The number of rotatable bonds is 3. The lowest BCUT2D eigenvalue weighted by Gasteiger charge is -2.29. The second-order valence-corrected chi connectivity index (χ2v) is 4.38. The van der Waals surface area contributed by atoms with Crippen LogP contribution in [0.1, 0.15) is 18.4 Å². The zero-order valence-corrected chi connectivity index (χ0v) is 9.72. The number of hydrogen-bond acceptors (Lipinski definition) is 3. The molecule has 1 aliphatic rings. The SMILES string of the molecule is COc1cccc(CN2CCC[C@@H](O)C2)c1. The van der Waals surface area contributed by atoms with Crippen molar-refractivity contribution in [3.63, 3.8) is 0 Å². The molecule has 16 heavy (non-hydrogen) atoms. The second-order valence-electron chi connectivity index (χ2n) is 4.38. The van der Waals surface area contributed by atoms with Gasteiger partial charge in [-0.2, -0.15) is 0 Å². The molecule has 0 aliphatic carbocycles. The van der Waals surface area contributed by atoms with E-state index in [0.717, 1.165) is 38.2 Å². The fourth-order valence-corrected chi connectivity index (χ4v) is 2.20. The van der Waals surface area contributed by atoms with Gasteiger partial charge in [-0.3, -0.25) is 4.90 Å². The number of nitrogens with zero attached hydrogens (tertiary/aromatic N) is 1. The van der Waals surface area contributed by atoms with Gasteiger partial charge in [0, 0.05) is 13.1 Å². The Morgan fingerprint density at radius 3 is 3.12 bits per heavy atom. The molecule has 0 unspecified atom stereocenters. The fraction of sp³-hybridized carbons (Fsp3) is 0.538. The highest BCUT2D eigenvalue weighted by Gasteiger charge is 2.17. The molecule has 0 aromatic heterocycles. The molecule has 1 saturated heterocycles. The Morgan fingerprint density at radius 2 is 2.38 bits per heavy atom. The lowest BCUT2D eigenvalue weighted by atomic mass is 10.1. The molecule has 1 fully saturated rings. The van der Waals surface area contributed by atoms with Gasteiger partial charge >= 0.3 is 0 Å². The highest BCUT2D eigenvalue weighted by molar-refractivity contribution is 5.28.